The summed E-state index contributed by atoms with van der Waals surface area (Å²) < 4.78 is 5.18. The first-order valence-electron chi connectivity index (χ1n) is 9.48. The number of benzene rings is 4. The van der Waals surface area contributed by atoms with E-state index in [9.17, 15) is 9.59 Å². The summed E-state index contributed by atoms with van der Waals surface area (Å²) in [5.41, 5.74) is 2.20. The molecule has 0 spiro atoms. The molecule has 0 fully saturated rings. The van der Waals surface area contributed by atoms with Crippen LogP contribution in [0.2, 0.25) is 0 Å². The summed E-state index contributed by atoms with van der Waals surface area (Å²) in [4.78, 5) is 25.5. The van der Waals surface area contributed by atoms with Gasteiger partial charge in [-0.05, 0) is 47.2 Å². The SMILES string of the molecule is COc1cccc(NC(=O)c2cccc(NC(=O)c3cccc4ccccc34)c2)c1. The second-order valence-corrected chi connectivity index (χ2v) is 6.75. The number of fused-ring (bicyclic) bond motifs is 1. The number of ether oxygens (including phenoxy) is 1. The van der Waals surface area contributed by atoms with Crippen LogP contribution in [0.4, 0.5) is 11.4 Å². The third-order valence-corrected chi connectivity index (χ3v) is 4.74. The van der Waals surface area contributed by atoms with Crippen LogP contribution in [0.25, 0.3) is 10.8 Å². The fourth-order valence-corrected chi connectivity index (χ4v) is 3.26. The Morgan fingerprint density at radius 3 is 2.20 bits per heavy atom. The second kappa shape index (κ2) is 8.49. The second-order valence-electron chi connectivity index (χ2n) is 6.75. The van der Waals surface area contributed by atoms with E-state index in [2.05, 4.69) is 10.6 Å². The maximum absolute atomic E-state index is 12.8. The molecular formula is C25H20N2O3. The summed E-state index contributed by atoms with van der Waals surface area (Å²) in [5, 5.41) is 7.60. The summed E-state index contributed by atoms with van der Waals surface area (Å²) in [7, 11) is 1.57. The number of methoxy groups -OCH3 is 1. The Hall–Kier alpha value is -4.12. The van der Waals surface area contributed by atoms with Gasteiger partial charge in [0.05, 0.1) is 7.11 Å². The molecule has 0 bridgehead atoms. The van der Waals surface area contributed by atoms with Crippen LogP contribution >= 0.6 is 0 Å². The standard InChI is InChI=1S/C25H20N2O3/c1-30-21-12-6-11-20(16-21)26-24(28)18-9-4-10-19(15-18)27-25(29)23-14-5-8-17-7-2-3-13-22(17)23/h2-16H,1H3,(H,26,28)(H,27,29). The summed E-state index contributed by atoms with van der Waals surface area (Å²) >= 11 is 0. The molecule has 30 heavy (non-hydrogen) atoms. The van der Waals surface area contributed by atoms with Crippen molar-refractivity contribution >= 4 is 34.0 Å². The Morgan fingerprint density at radius 1 is 0.700 bits per heavy atom. The van der Waals surface area contributed by atoms with E-state index in [1.165, 1.54) is 0 Å². The first-order chi connectivity index (χ1) is 14.6. The van der Waals surface area contributed by atoms with Gasteiger partial charge in [-0.25, -0.2) is 0 Å². The molecule has 0 radical (unpaired) electrons. The number of hydrogen-bond acceptors (Lipinski definition) is 3. The number of rotatable bonds is 5. The van der Waals surface area contributed by atoms with E-state index in [4.69, 9.17) is 4.74 Å². The highest BCUT2D eigenvalue weighted by Crippen LogP contribution is 2.21. The van der Waals surface area contributed by atoms with Gasteiger partial charge in [0.1, 0.15) is 5.75 Å². The van der Waals surface area contributed by atoms with E-state index >= 15 is 0 Å². The Morgan fingerprint density at radius 2 is 1.37 bits per heavy atom. The molecular weight excluding hydrogens is 376 g/mol. The predicted molar refractivity (Wildman–Crippen MR) is 119 cm³/mol. The molecule has 5 heteroatoms. The number of hydrogen-bond donors (Lipinski definition) is 2. The summed E-state index contributed by atoms with van der Waals surface area (Å²) in [6, 6.07) is 27.3. The molecule has 148 valence electrons. The van der Waals surface area contributed by atoms with Crippen LogP contribution in [-0.4, -0.2) is 18.9 Å². The molecule has 4 aromatic carbocycles. The van der Waals surface area contributed by atoms with E-state index in [-0.39, 0.29) is 11.8 Å². The van der Waals surface area contributed by atoms with Gasteiger partial charge in [-0.3, -0.25) is 9.59 Å². The highest BCUT2D eigenvalue weighted by Gasteiger charge is 2.12. The van der Waals surface area contributed by atoms with Crippen molar-refractivity contribution in [1.29, 1.82) is 0 Å². The zero-order valence-electron chi connectivity index (χ0n) is 16.4. The van der Waals surface area contributed by atoms with Gasteiger partial charge in [0.25, 0.3) is 11.8 Å². The van der Waals surface area contributed by atoms with Crippen molar-refractivity contribution in [2.75, 3.05) is 17.7 Å². The van der Waals surface area contributed by atoms with Crippen molar-refractivity contribution in [3.8, 4) is 5.75 Å². The third kappa shape index (κ3) is 4.15. The molecule has 0 heterocycles. The Balaban J connectivity index is 1.53. The Kier molecular flexibility index (Phi) is 5.44. The average molecular weight is 396 g/mol. The molecule has 0 aromatic heterocycles. The van der Waals surface area contributed by atoms with E-state index < -0.39 is 0 Å². The van der Waals surface area contributed by atoms with Gasteiger partial charge >= 0.3 is 0 Å². The molecule has 0 aliphatic carbocycles. The largest absolute Gasteiger partial charge is 0.497 e. The molecule has 5 nitrogen and oxygen atoms in total. The van der Waals surface area contributed by atoms with Crippen molar-refractivity contribution < 1.29 is 14.3 Å². The minimum Gasteiger partial charge on any atom is -0.497 e. The quantitative estimate of drug-likeness (QED) is 0.478. The van der Waals surface area contributed by atoms with Crippen molar-refractivity contribution in [3.63, 3.8) is 0 Å². The fraction of sp³-hybridized carbons (Fsp3) is 0.0400. The van der Waals surface area contributed by atoms with E-state index in [1.807, 2.05) is 36.4 Å². The number of nitrogens with one attached hydrogen (secondary N) is 2. The maximum Gasteiger partial charge on any atom is 0.256 e. The lowest BCUT2D eigenvalue weighted by atomic mass is 10.0. The summed E-state index contributed by atoms with van der Waals surface area (Å²) in [5.74, 6) is 0.158. The van der Waals surface area contributed by atoms with Gasteiger partial charge in [0.15, 0.2) is 0 Å². The average Bonchev–Trinajstić information content (AvgIpc) is 2.79. The zero-order chi connectivity index (χ0) is 20.9. The van der Waals surface area contributed by atoms with Crippen LogP contribution in [0.5, 0.6) is 5.75 Å². The van der Waals surface area contributed by atoms with Gasteiger partial charge in [-0.2, -0.15) is 0 Å². The summed E-state index contributed by atoms with van der Waals surface area (Å²) in [6.07, 6.45) is 0. The molecule has 0 saturated carbocycles. The zero-order valence-corrected chi connectivity index (χ0v) is 16.4. The molecule has 0 unspecified atom stereocenters. The molecule has 0 aliphatic heterocycles. The molecule has 0 aliphatic rings. The molecule has 0 saturated heterocycles. The number of anilines is 2. The fourth-order valence-electron chi connectivity index (χ4n) is 3.26. The first-order valence-corrected chi connectivity index (χ1v) is 9.48. The monoisotopic (exact) mass is 396 g/mol. The molecule has 4 aromatic rings. The van der Waals surface area contributed by atoms with E-state index in [0.29, 0.717) is 28.3 Å². The molecule has 0 atom stereocenters. The van der Waals surface area contributed by atoms with Crippen molar-refractivity contribution in [3.05, 3.63) is 102 Å². The Bertz CT molecular complexity index is 1230. The maximum atomic E-state index is 12.8. The number of carbonyl (C=O) groups is 2. The van der Waals surface area contributed by atoms with Crippen LogP contribution < -0.4 is 15.4 Å². The lowest BCUT2D eigenvalue weighted by Crippen LogP contribution is -2.15. The minimum absolute atomic E-state index is 0.225. The minimum atomic E-state index is -0.274. The third-order valence-electron chi connectivity index (χ3n) is 4.74. The topological polar surface area (TPSA) is 67.4 Å². The van der Waals surface area contributed by atoms with Gasteiger partial charge < -0.3 is 15.4 Å². The van der Waals surface area contributed by atoms with Crippen molar-refractivity contribution in [1.82, 2.24) is 0 Å². The molecule has 2 N–H and O–H groups in total. The van der Waals surface area contributed by atoms with Crippen LogP contribution in [-0.2, 0) is 0 Å². The van der Waals surface area contributed by atoms with Gasteiger partial charge in [0, 0.05) is 28.6 Å². The predicted octanol–water partition coefficient (Wildman–Crippen LogP) is 5.35. The number of carbonyl (C=O) groups excluding carboxylic acids is 2. The molecule has 2 amide bonds. The lowest BCUT2D eigenvalue weighted by Gasteiger charge is -2.10. The van der Waals surface area contributed by atoms with Crippen LogP contribution in [0.1, 0.15) is 20.7 Å². The first kappa shape index (κ1) is 19.2. The van der Waals surface area contributed by atoms with Gasteiger partial charge in [0.2, 0.25) is 0 Å². The van der Waals surface area contributed by atoms with E-state index in [0.717, 1.165) is 10.8 Å². The van der Waals surface area contributed by atoms with Crippen LogP contribution in [0.3, 0.4) is 0 Å². The van der Waals surface area contributed by atoms with E-state index in [1.54, 1.807) is 61.7 Å². The lowest BCUT2D eigenvalue weighted by molar-refractivity contribution is 0.101. The molecule has 4 rings (SSSR count). The highest BCUT2D eigenvalue weighted by atomic mass is 16.5. The van der Waals surface area contributed by atoms with Gasteiger partial charge in [-0.1, -0.05) is 48.5 Å². The van der Waals surface area contributed by atoms with Crippen LogP contribution in [0, 0.1) is 0 Å². The summed E-state index contributed by atoms with van der Waals surface area (Å²) in [6.45, 7) is 0. The normalized spacial score (nSPS) is 10.4. The smallest absolute Gasteiger partial charge is 0.256 e. The van der Waals surface area contributed by atoms with Crippen molar-refractivity contribution in [2.45, 2.75) is 0 Å². The van der Waals surface area contributed by atoms with Crippen LogP contribution in [0.15, 0.2) is 91.0 Å². The highest BCUT2D eigenvalue weighted by molar-refractivity contribution is 6.13. The van der Waals surface area contributed by atoms with Gasteiger partial charge in [-0.15, -0.1) is 0 Å². The Labute approximate surface area is 174 Å². The van der Waals surface area contributed by atoms with Crippen molar-refractivity contribution in [2.24, 2.45) is 0 Å². The number of amides is 2.